The fraction of sp³-hybridized carbons (Fsp3) is 0.167. The number of halogens is 1. The average molecular weight is 344 g/mol. The summed E-state index contributed by atoms with van der Waals surface area (Å²) >= 11 is 5.85. The minimum atomic E-state index is -0.313. The number of nitrogens with zero attached hydrogens (tertiary/aromatic N) is 1. The Balaban J connectivity index is 1.77. The van der Waals surface area contributed by atoms with E-state index in [1.165, 1.54) is 0 Å². The van der Waals surface area contributed by atoms with Gasteiger partial charge in [0.2, 0.25) is 11.8 Å². The van der Waals surface area contributed by atoms with Crippen LogP contribution in [0.15, 0.2) is 59.7 Å². The van der Waals surface area contributed by atoms with E-state index in [2.05, 4.69) is 15.8 Å². The van der Waals surface area contributed by atoms with Gasteiger partial charge in [0.05, 0.1) is 5.71 Å². The van der Waals surface area contributed by atoms with Crippen LogP contribution in [0.5, 0.6) is 0 Å². The molecule has 0 bridgehead atoms. The Morgan fingerprint density at radius 3 is 2.42 bits per heavy atom. The number of hydrazone groups is 1. The van der Waals surface area contributed by atoms with Crippen molar-refractivity contribution in [3.8, 4) is 0 Å². The number of anilines is 1. The molecule has 2 amide bonds. The van der Waals surface area contributed by atoms with Crippen LogP contribution >= 0.6 is 11.6 Å². The Hall–Kier alpha value is -2.66. The summed E-state index contributed by atoms with van der Waals surface area (Å²) in [7, 11) is 0. The van der Waals surface area contributed by atoms with E-state index >= 15 is 0 Å². The van der Waals surface area contributed by atoms with Gasteiger partial charge in [-0.1, -0.05) is 48.0 Å². The standard InChI is InChI=1S/C18H18ClN3O2/c1-13(14-6-3-2-4-7-14)21-22-18(24)11-10-17(23)20-16-9-5-8-15(19)12-16/h2-9,12H,10-11H2,1H3,(H,20,23)(H,22,24)/b21-13-. The summed E-state index contributed by atoms with van der Waals surface area (Å²) in [5.74, 6) is -0.567. The molecule has 6 heteroatoms. The van der Waals surface area contributed by atoms with Gasteiger partial charge in [-0.3, -0.25) is 9.59 Å². The number of hydrogen-bond acceptors (Lipinski definition) is 3. The molecule has 124 valence electrons. The molecule has 2 N–H and O–H groups in total. The van der Waals surface area contributed by atoms with E-state index in [-0.39, 0.29) is 24.7 Å². The van der Waals surface area contributed by atoms with Crippen LogP contribution in [0, 0.1) is 0 Å². The van der Waals surface area contributed by atoms with E-state index in [0.717, 1.165) is 5.56 Å². The molecule has 0 saturated carbocycles. The molecule has 0 aromatic heterocycles. The molecule has 24 heavy (non-hydrogen) atoms. The van der Waals surface area contributed by atoms with Crippen molar-refractivity contribution in [1.82, 2.24) is 5.43 Å². The number of benzene rings is 2. The zero-order valence-electron chi connectivity index (χ0n) is 13.3. The van der Waals surface area contributed by atoms with Gasteiger partial charge >= 0.3 is 0 Å². The highest BCUT2D eigenvalue weighted by atomic mass is 35.5. The van der Waals surface area contributed by atoms with Gasteiger partial charge in [-0.05, 0) is 30.7 Å². The summed E-state index contributed by atoms with van der Waals surface area (Å²) in [5.41, 5.74) is 4.69. The van der Waals surface area contributed by atoms with Crippen LogP contribution in [0.2, 0.25) is 5.02 Å². The van der Waals surface area contributed by atoms with Crippen molar-refractivity contribution in [2.45, 2.75) is 19.8 Å². The van der Waals surface area contributed by atoms with Crippen LogP contribution in [0.3, 0.4) is 0 Å². The Kier molecular flexibility index (Phi) is 6.51. The lowest BCUT2D eigenvalue weighted by Crippen LogP contribution is -2.21. The number of carbonyl (C=O) groups is 2. The predicted octanol–water partition coefficient (Wildman–Crippen LogP) is 3.60. The molecule has 0 spiro atoms. The van der Waals surface area contributed by atoms with Gasteiger partial charge in [-0.25, -0.2) is 5.43 Å². The third-order valence-electron chi connectivity index (χ3n) is 3.23. The Morgan fingerprint density at radius 1 is 1.00 bits per heavy atom. The maximum Gasteiger partial charge on any atom is 0.240 e. The van der Waals surface area contributed by atoms with Gasteiger partial charge in [0.25, 0.3) is 0 Å². The third-order valence-corrected chi connectivity index (χ3v) is 3.46. The highest BCUT2D eigenvalue weighted by molar-refractivity contribution is 6.30. The summed E-state index contributed by atoms with van der Waals surface area (Å²) in [4.78, 5) is 23.6. The largest absolute Gasteiger partial charge is 0.326 e. The van der Waals surface area contributed by atoms with Crippen molar-refractivity contribution in [1.29, 1.82) is 0 Å². The average Bonchev–Trinajstić information content (AvgIpc) is 2.58. The Labute approximate surface area is 145 Å². The van der Waals surface area contributed by atoms with E-state index in [1.807, 2.05) is 37.3 Å². The molecule has 0 aliphatic rings. The molecular formula is C18H18ClN3O2. The molecule has 2 aromatic carbocycles. The van der Waals surface area contributed by atoms with Crippen molar-refractivity contribution < 1.29 is 9.59 Å². The molecule has 0 saturated heterocycles. The highest BCUT2D eigenvalue weighted by Gasteiger charge is 2.07. The third kappa shape index (κ3) is 5.85. The van der Waals surface area contributed by atoms with Crippen LogP contribution in [-0.2, 0) is 9.59 Å². The second-order valence-electron chi connectivity index (χ2n) is 5.16. The van der Waals surface area contributed by atoms with Gasteiger partial charge < -0.3 is 5.32 Å². The van der Waals surface area contributed by atoms with E-state index < -0.39 is 0 Å². The predicted molar refractivity (Wildman–Crippen MR) is 96.1 cm³/mol. The second-order valence-corrected chi connectivity index (χ2v) is 5.59. The molecule has 0 radical (unpaired) electrons. The first-order valence-corrected chi connectivity index (χ1v) is 7.86. The minimum Gasteiger partial charge on any atom is -0.326 e. The fourth-order valence-electron chi connectivity index (χ4n) is 1.96. The number of amides is 2. The monoisotopic (exact) mass is 343 g/mol. The first-order chi connectivity index (χ1) is 11.5. The van der Waals surface area contributed by atoms with Gasteiger partial charge in [-0.2, -0.15) is 5.10 Å². The van der Waals surface area contributed by atoms with E-state index in [0.29, 0.717) is 16.4 Å². The molecule has 5 nitrogen and oxygen atoms in total. The smallest absolute Gasteiger partial charge is 0.240 e. The van der Waals surface area contributed by atoms with Crippen LogP contribution in [0.25, 0.3) is 0 Å². The number of nitrogens with one attached hydrogen (secondary N) is 2. The highest BCUT2D eigenvalue weighted by Crippen LogP contribution is 2.15. The van der Waals surface area contributed by atoms with Crippen molar-refractivity contribution in [3.63, 3.8) is 0 Å². The van der Waals surface area contributed by atoms with Crippen LogP contribution < -0.4 is 10.7 Å². The summed E-state index contributed by atoms with van der Waals surface area (Å²) in [6.07, 6.45) is 0.121. The number of rotatable bonds is 6. The molecule has 0 unspecified atom stereocenters. The first kappa shape index (κ1) is 17.7. The van der Waals surface area contributed by atoms with Crippen LogP contribution in [0.4, 0.5) is 5.69 Å². The summed E-state index contributed by atoms with van der Waals surface area (Å²) < 4.78 is 0. The Bertz CT molecular complexity index is 745. The molecule has 0 aliphatic carbocycles. The quantitative estimate of drug-likeness (QED) is 0.621. The van der Waals surface area contributed by atoms with Crippen molar-refractivity contribution in [2.24, 2.45) is 5.10 Å². The van der Waals surface area contributed by atoms with E-state index in [4.69, 9.17) is 11.6 Å². The van der Waals surface area contributed by atoms with E-state index in [9.17, 15) is 9.59 Å². The molecule has 0 aliphatic heterocycles. The molecule has 0 atom stereocenters. The lowest BCUT2D eigenvalue weighted by Gasteiger charge is -2.05. The summed E-state index contributed by atoms with van der Waals surface area (Å²) in [6.45, 7) is 1.81. The SMILES string of the molecule is C/C(=N/NC(=O)CCC(=O)Nc1cccc(Cl)c1)c1ccccc1. The van der Waals surface area contributed by atoms with Crippen molar-refractivity contribution in [3.05, 3.63) is 65.2 Å². The van der Waals surface area contributed by atoms with Crippen LogP contribution in [-0.4, -0.2) is 17.5 Å². The lowest BCUT2D eigenvalue weighted by molar-refractivity contribution is -0.124. The lowest BCUT2D eigenvalue weighted by atomic mass is 10.1. The zero-order valence-corrected chi connectivity index (χ0v) is 14.0. The fourth-order valence-corrected chi connectivity index (χ4v) is 2.15. The summed E-state index contributed by atoms with van der Waals surface area (Å²) in [5, 5.41) is 7.26. The Morgan fingerprint density at radius 2 is 1.71 bits per heavy atom. The summed E-state index contributed by atoms with van der Waals surface area (Å²) in [6, 6.07) is 16.4. The molecule has 0 fully saturated rings. The first-order valence-electron chi connectivity index (χ1n) is 7.48. The number of carbonyl (C=O) groups excluding carboxylic acids is 2. The topological polar surface area (TPSA) is 70.6 Å². The van der Waals surface area contributed by atoms with Gasteiger partial charge in [0.15, 0.2) is 0 Å². The van der Waals surface area contributed by atoms with E-state index in [1.54, 1.807) is 24.3 Å². The normalized spacial score (nSPS) is 11.0. The molecule has 2 rings (SSSR count). The van der Waals surface area contributed by atoms with Gasteiger partial charge in [0.1, 0.15) is 0 Å². The maximum absolute atomic E-state index is 11.8. The molecule has 2 aromatic rings. The maximum atomic E-state index is 11.8. The van der Waals surface area contributed by atoms with Crippen molar-refractivity contribution in [2.75, 3.05) is 5.32 Å². The van der Waals surface area contributed by atoms with Crippen molar-refractivity contribution >= 4 is 34.8 Å². The zero-order chi connectivity index (χ0) is 17.4. The van der Waals surface area contributed by atoms with Gasteiger partial charge in [0, 0.05) is 23.6 Å². The van der Waals surface area contributed by atoms with Gasteiger partial charge in [-0.15, -0.1) is 0 Å². The second kappa shape index (κ2) is 8.84. The minimum absolute atomic E-state index is 0.0535. The molecule has 0 heterocycles. The molecular weight excluding hydrogens is 326 g/mol. The number of hydrogen-bond donors (Lipinski definition) is 2. The van der Waals surface area contributed by atoms with Crippen LogP contribution in [0.1, 0.15) is 25.3 Å².